The van der Waals surface area contributed by atoms with Gasteiger partial charge in [-0.25, -0.2) is 4.79 Å². The van der Waals surface area contributed by atoms with Crippen LogP contribution in [0.5, 0.6) is 5.75 Å². The fourth-order valence-electron chi connectivity index (χ4n) is 1.20. The van der Waals surface area contributed by atoms with Crippen LogP contribution in [0.25, 0.3) is 0 Å². The Bertz CT molecular complexity index is 361. The summed E-state index contributed by atoms with van der Waals surface area (Å²) in [6.45, 7) is 4.03. The summed E-state index contributed by atoms with van der Waals surface area (Å²) in [7, 11) is 1.55. The highest BCUT2D eigenvalue weighted by molar-refractivity contribution is 8.00. The average molecular weight is 226 g/mol. The van der Waals surface area contributed by atoms with Crippen molar-refractivity contribution in [2.75, 3.05) is 7.11 Å². The quantitative estimate of drug-likeness (QED) is 0.802. The normalized spacial score (nSPS) is 10.4. The molecule has 4 heteroatoms. The molecule has 0 aromatic heterocycles. The summed E-state index contributed by atoms with van der Waals surface area (Å²) >= 11 is 1.50. The van der Waals surface area contributed by atoms with Gasteiger partial charge in [-0.3, -0.25) is 0 Å². The van der Waals surface area contributed by atoms with Crippen molar-refractivity contribution in [2.24, 2.45) is 0 Å². The summed E-state index contributed by atoms with van der Waals surface area (Å²) in [6.07, 6.45) is 0. The van der Waals surface area contributed by atoms with Gasteiger partial charge in [0.25, 0.3) is 0 Å². The monoisotopic (exact) mass is 226 g/mol. The second-order valence-electron chi connectivity index (χ2n) is 3.31. The third-order valence-electron chi connectivity index (χ3n) is 1.78. The van der Waals surface area contributed by atoms with Gasteiger partial charge in [0.1, 0.15) is 5.75 Å². The van der Waals surface area contributed by atoms with E-state index in [1.54, 1.807) is 25.3 Å². The van der Waals surface area contributed by atoms with Crippen molar-refractivity contribution in [3.05, 3.63) is 23.8 Å². The topological polar surface area (TPSA) is 46.5 Å². The zero-order valence-electron chi connectivity index (χ0n) is 8.98. The number of carboxylic acids is 1. The number of rotatable bonds is 4. The molecule has 0 unspecified atom stereocenters. The maximum atomic E-state index is 11.0. The standard InChI is InChI=1S/C11H14O3S/c1-7(2)15-10-8(11(12)13)5-4-6-9(10)14-3/h4-7H,1-3H3,(H,12,13). The van der Waals surface area contributed by atoms with Crippen molar-refractivity contribution in [3.8, 4) is 5.75 Å². The van der Waals surface area contributed by atoms with Gasteiger partial charge in [-0.15, -0.1) is 11.8 Å². The van der Waals surface area contributed by atoms with Crippen LogP contribution in [0.15, 0.2) is 23.1 Å². The Morgan fingerprint density at radius 3 is 2.60 bits per heavy atom. The highest BCUT2D eigenvalue weighted by atomic mass is 32.2. The number of hydrogen-bond donors (Lipinski definition) is 1. The maximum absolute atomic E-state index is 11.0. The molecule has 3 nitrogen and oxygen atoms in total. The Kier molecular flexibility index (Phi) is 4.03. The number of carbonyl (C=O) groups is 1. The first-order valence-electron chi connectivity index (χ1n) is 4.63. The predicted octanol–water partition coefficient (Wildman–Crippen LogP) is 2.89. The van der Waals surface area contributed by atoms with Gasteiger partial charge in [0.15, 0.2) is 0 Å². The van der Waals surface area contributed by atoms with E-state index in [2.05, 4.69) is 0 Å². The molecule has 0 saturated heterocycles. The molecule has 1 N–H and O–H groups in total. The van der Waals surface area contributed by atoms with E-state index in [0.717, 1.165) is 0 Å². The highest BCUT2D eigenvalue weighted by Crippen LogP contribution is 2.35. The Morgan fingerprint density at radius 2 is 2.13 bits per heavy atom. The Hall–Kier alpha value is -1.16. The Balaban J connectivity index is 3.20. The lowest BCUT2D eigenvalue weighted by Gasteiger charge is -2.12. The average Bonchev–Trinajstić information content (AvgIpc) is 2.16. The summed E-state index contributed by atoms with van der Waals surface area (Å²) < 4.78 is 5.15. The molecule has 1 aromatic rings. The maximum Gasteiger partial charge on any atom is 0.336 e. The summed E-state index contributed by atoms with van der Waals surface area (Å²) in [5.41, 5.74) is 0.299. The van der Waals surface area contributed by atoms with Crippen LogP contribution >= 0.6 is 11.8 Å². The van der Waals surface area contributed by atoms with Gasteiger partial charge >= 0.3 is 5.97 Å². The summed E-state index contributed by atoms with van der Waals surface area (Å²) in [4.78, 5) is 11.7. The van der Waals surface area contributed by atoms with Crippen molar-refractivity contribution in [3.63, 3.8) is 0 Å². The highest BCUT2D eigenvalue weighted by Gasteiger charge is 2.15. The predicted molar refractivity (Wildman–Crippen MR) is 60.9 cm³/mol. The largest absolute Gasteiger partial charge is 0.496 e. The van der Waals surface area contributed by atoms with Crippen LogP contribution in [0.4, 0.5) is 0 Å². The molecule has 15 heavy (non-hydrogen) atoms. The van der Waals surface area contributed by atoms with Crippen molar-refractivity contribution in [1.82, 2.24) is 0 Å². The number of hydrogen-bond acceptors (Lipinski definition) is 3. The zero-order chi connectivity index (χ0) is 11.4. The lowest BCUT2D eigenvalue weighted by molar-refractivity contribution is 0.0692. The molecule has 0 fully saturated rings. The number of thioether (sulfide) groups is 1. The van der Waals surface area contributed by atoms with Crippen LogP contribution in [0.3, 0.4) is 0 Å². The Labute approximate surface area is 93.4 Å². The molecular formula is C11H14O3S. The van der Waals surface area contributed by atoms with E-state index in [1.165, 1.54) is 11.8 Å². The number of methoxy groups -OCH3 is 1. The number of aromatic carboxylic acids is 1. The van der Waals surface area contributed by atoms with E-state index in [-0.39, 0.29) is 0 Å². The van der Waals surface area contributed by atoms with E-state index in [9.17, 15) is 4.79 Å². The molecule has 0 aliphatic carbocycles. The van der Waals surface area contributed by atoms with Gasteiger partial charge in [0.05, 0.1) is 17.6 Å². The molecule has 1 aromatic carbocycles. The van der Waals surface area contributed by atoms with Gasteiger partial charge in [-0.2, -0.15) is 0 Å². The van der Waals surface area contributed by atoms with Crippen molar-refractivity contribution in [2.45, 2.75) is 24.0 Å². The minimum atomic E-state index is -0.919. The van der Waals surface area contributed by atoms with Crippen LogP contribution in [0.2, 0.25) is 0 Å². The third-order valence-corrected chi connectivity index (χ3v) is 2.91. The number of ether oxygens (including phenoxy) is 1. The van der Waals surface area contributed by atoms with Crippen LogP contribution in [0, 0.1) is 0 Å². The molecule has 0 atom stereocenters. The van der Waals surface area contributed by atoms with Crippen molar-refractivity contribution in [1.29, 1.82) is 0 Å². The van der Waals surface area contributed by atoms with Crippen LogP contribution in [-0.4, -0.2) is 23.4 Å². The molecule has 0 saturated carbocycles. The second kappa shape index (κ2) is 5.07. The first-order valence-corrected chi connectivity index (χ1v) is 5.51. The fraction of sp³-hybridized carbons (Fsp3) is 0.364. The van der Waals surface area contributed by atoms with Crippen LogP contribution in [-0.2, 0) is 0 Å². The first kappa shape index (κ1) is 11.9. The lowest BCUT2D eigenvalue weighted by Crippen LogP contribution is -2.02. The SMILES string of the molecule is COc1cccc(C(=O)O)c1SC(C)C. The Morgan fingerprint density at radius 1 is 1.47 bits per heavy atom. The second-order valence-corrected chi connectivity index (χ2v) is 4.90. The first-order chi connectivity index (χ1) is 7.06. The molecule has 82 valence electrons. The molecule has 0 radical (unpaired) electrons. The molecular weight excluding hydrogens is 212 g/mol. The van der Waals surface area contributed by atoms with Gasteiger partial charge in [0, 0.05) is 5.25 Å². The van der Waals surface area contributed by atoms with Crippen molar-refractivity contribution >= 4 is 17.7 Å². The van der Waals surface area contributed by atoms with Gasteiger partial charge in [-0.1, -0.05) is 19.9 Å². The molecule has 0 bridgehead atoms. The minimum absolute atomic E-state index is 0.299. The number of benzene rings is 1. The van der Waals surface area contributed by atoms with E-state index in [4.69, 9.17) is 9.84 Å². The van der Waals surface area contributed by atoms with Crippen LogP contribution in [0.1, 0.15) is 24.2 Å². The summed E-state index contributed by atoms with van der Waals surface area (Å²) in [5, 5.41) is 9.35. The lowest BCUT2D eigenvalue weighted by atomic mass is 10.2. The minimum Gasteiger partial charge on any atom is -0.496 e. The van der Waals surface area contributed by atoms with E-state index < -0.39 is 5.97 Å². The smallest absolute Gasteiger partial charge is 0.336 e. The van der Waals surface area contributed by atoms with E-state index in [0.29, 0.717) is 21.5 Å². The summed E-state index contributed by atoms with van der Waals surface area (Å²) in [5.74, 6) is -0.300. The molecule has 0 aliphatic heterocycles. The third kappa shape index (κ3) is 2.89. The zero-order valence-corrected chi connectivity index (χ0v) is 9.80. The van der Waals surface area contributed by atoms with Gasteiger partial charge < -0.3 is 9.84 Å². The fourth-order valence-corrected chi connectivity index (χ4v) is 2.22. The molecule has 1 rings (SSSR count). The van der Waals surface area contributed by atoms with Crippen LogP contribution < -0.4 is 4.74 Å². The van der Waals surface area contributed by atoms with Crippen molar-refractivity contribution < 1.29 is 14.6 Å². The summed E-state index contributed by atoms with van der Waals surface area (Å²) in [6, 6.07) is 5.05. The van der Waals surface area contributed by atoms with E-state index in [1.807, 2.05) is 13.8 Å². The molecule has 0 heterocycles. The number of carboxylic acid groups (broad SMARTS) is 1. The van der Waals surface area contributed by atoms with Gasteiger partial charge in [-0.05, 0) is 12.1 Å². The van der Waals surface area contributed by atoms with Gasteiger partial charge in [0.2, 0.25) is 0 Å². The molecule has 0 amide bonds. The molecule has 0 aliphatic rings. The van der Waals surface area contributed by atoms with E-state index >= 15 is 0 Å². The molecule has 0 spiro atoms.